The monoisotopic (exact) mass is 913 g/mol. The van der Waals surface area contributed by atoms with Gasteiger partial charge in [-0.2, -0.15) is 0 Å². The van der Waals surface area contributed by atoms with Crippen molar-refractivity contribution in [3.63, 3.8) is 0 Å². The molecule has 2 nitrogen and oxygen atoms in total. The van der Waals surface area contributed by atoms with E-state index in [4.69, 9.17) is 30.2 Å². The van der Waals surface area contributed by atoms with Crippen LogP contribution in [0.1, 0.15) is 63.1 Å². The van der Waals surface area contributed by atoms with Crippen LogP contribution in [0.5, 0.6) is 0 Å². The maximum absolute atomic E-state index is 9.97. The molecule has 0 bridgehead atoms. The highest BCUT2D eigenvalue weighted by atomic mass is 15.1. The molecule has 0 fully saturated rings. The van der Waals surface area contributed by atoms with Crippen LogP contribution in [0.2, 0.25) is 0 Å². The Balaban J connectivity index is 1.19. The number of fused-ring (bicyclic) bond motifs is 3. The predicted octanol–water partition coefficient (Wildman–Crippen LogP) is 18.3. The van der Waals surface area contributed by atoms with Crippen molar-refractivity contribution in [3.8, 4) is 72.4 Å². The zero-order valence-corrected chi connectivity index (χ0v) is 33.9. The summed E-state index contributed by atoms with van der Waals surface area (Å²) >= 11 is 0. The molecular weight excluding hydrogens is 821 g/mol. The molecule has 0 saturated carbocycles. The lowest BCUT2D eigenvalue weighted by Gasteiger charge is -2.26. The Labute approximate surface area is 462 Å². The lowest BCUT2D eigenvalue weighted by molar-refractivity contribution is 1.18. The molecular formula is C66H46N2. The summed E-state index contributed by atoms with van der Waals surface area (Å²) in [4.78, 5) is 0.119. The molecule has 12 aromatic rings. The molecule has 0 radical (unpaired) electrons. The van der Waals surface area contributed by atoms with Gasteiger partial charge in [0.2, 0.25) is 0 Å². The molecule has 11 aromatic carbocycles. The van der Waals surface area contributed by atoms with E-state index < -0.39 is 389 Å². The standard InChI is InChI=1S/C66H46N2/c1-4-13-47(14-5-1)50-23-25-51(26-24-50)53-27-36-59(37-28-53)67(60-38-31-54(32-39-60)57-20-12-19-56(45-57)49-17-8-3-9-18-49)61-40-33-55(34-41-61)58-35-44-66-64(46-58)63-21-10-11-22-65(63)68(66)62-42-29-52(30-43-62)48-15-6-2-7-16-48/h1-46H/i1D,2D,3D,4D,5D,6D,7D,8D,9D,10D,11D,12D,13D,14D,15D,16D,17D,18D,19D,20D,21D,22D,23D,24D,25D,26D,27D,28D,29D,30D,31D,32D,33D,34D,35D,36D,37D,38D,39D,40D,41D,42D,43D,44D,45D,46D. The topological polar surface area (TPSA) is 8.17 Å². The molecule has 1 aromatic heterocycles. The van der Waals surface area contributed by atoms with Crippen LogP contribution in [0.3, 0.4) is 0 Å². The lowest BCUT2D eigenvalue weighted by atomic mass is 9.98. The van der Waals surface area contributed by atoms with Crippen LogP contribution in [0.25, 0.3) is 94.3 Å². The van der Waals surface area contributed by atoms with Crippen molar-refractivity contribution in [2.75, 3.05) is 4.90 Å². The third kappa shape index (κ3) is 7.85. The van der Waals surface area contributed by atoms with E-state index in [1.165, 1.54) is 0 Å². The summed E-state index contributed by atoms with van der Waals surface area (Å²) in [5, 5.41) is -1.63. The van der Waals surface area contributed by atoms with Gasteiger partial charge in [0.15, 0.2) is 0 Å². The van der Waals surface area contributed by atoms with Gasteiger partial charge in [-0.25, -0.2) is 0 Å². The third-order valence-electron chi connectivity index (χ3n) is 9.75. The van der Waals surface area contributed by atoms with Crippen molar-refractivity contribution in [2.24, 2.45) is 0 Å². The zero-order chi connectivity index (χ0) is 85.3. The maximum Gasteiger partial charge on any atom is 0.0645 e. The molecule has 0 aliphatic heterocycles. The maximum atomic E-state index is 9.97. The molecule has 68 heavy (non-hydrogen) atoms. The number of hydrogen-bond donors (Lipinski definition) is 0. The second-order valence-corrected chi connectivity index (χ2v) is 13.8. The highest BCUT2D eigenvalue weighted by Gasteiger charge is 2.17. The highest BCUT2D eigenvalue weighted by molar-refractivity contribution is 6.10. The minimum Gasteiger partial charge on any atom is -0.311 e. The second kappa shape index (κ2) is 17.8. The van der Waals surface area contributed by atoms with Gasteiger partial charge in [-0.3, -0.25) is 0 Å². The van der Waals surface area contributed by atoms with Crippen LogP contribution in [0.15, 0.2) is 278 Å². The molecule has 0 unspecified atom stereocenters. The SMILES string of the molecule is [2H]c1c([2H])c([2H])c(-c2c([2H])c([2H])c(-c3c([2H])c([2H])c(N(c4c([2H])c([2H])c(-c5c([2H])c([2H])c([2H])c(-c6c([2H])c([2H])c([2H])c([2H])c6[2H])c5[2H])c([2H])c4[2H])c4c([2H])c([2H])c(-c5c([2H])c([2H])c6c(c5[2H])c5c([2H])c([2H])c([2H])c([2H])c5n6-c5c([2H])c([2H])c(-c6c([2H])c([2H])c([2H])c([2H])c6[2H])c([2H])c5[2H])c([2H])c4[2H])c([2H])c3[2H])c([2H])c2[2H])c([2H])c1[2H]. The Morgan fingerprint density at radius 1 is 0.235 bits per heavy atom. The summed E-state index contributed by atoms with van der Waals surface area (Å²) in [7, 11) is 0. The number of anilines is 3. The van der Waals surface area contributed by atoms with E-state index >= 15 is 0 Å². The van der Waals surface area contributed by atoms with E-state index in [1.807, 2.05) is 0 Å². The number of hydrogen-bond acceptors (Lipinski definition) is 1. The molecule has 0 aliphatic rings. The second-order valence-electron chi connectivity index (χ2n) is 13.8. The van der Waals surface area contributed by atoms with Gasteiger partial charge in [0, 0.05) is 33.5 Å². The molecule has 0 spiro atoms. The Kier molecular flexibility index (Phi) is 3.86. The number of rotatable bonds is 10. The van der Waals surface area contributed by atoms with Gasteiger partial charge >= 0.3 is 0 Å². The van der Waals surface area contributed by atoms with Crippen LogP contribution in [0.4, 0.5) is 17.1 Å². The molecule has 0 atom stereocenters. The highest BCUT2D eigenvalue weighted by Crippen LogP contribution is 2.40. The quantitative estimate of drug-likeness (QED) is 0.133. The van der Waals surface area contributed by atoms with Crippen LogP contribution in [-0.2, 0) is 0 Å². The fraction of sp³-hybridized carbons (Fsp3) is 0. The lowest BCUT2D eigenvalue weighted by Crippen LogP contribution is -2.09. The minimum atomic E-state index is -1.52. The molecule has 0 amide bonds. The largest absolute Gasteiger partial charge is 0.311 e. The summed E-state index contributed by atoms with van der Waals surface area (Å²) in [5.41, 5.74) is -18.9. The average Bonchev–Trinajstić information content (AvgIpc) is 1.48. The fourth-order valence-corrected chi connectivity index (χ4v) is 6.65. The molecule has 320 valence electrons. The van der Waals surface area contributed by atoms with Gasteiger partial charge in [-0.1, -0.05) is 205 Å². The van der Waals surface area contributed by atoms with Crippen molar-refractivity contribution in [1.82, 2.24) is 4.57 Å². The van der Waals surface area contributed by atoms with E-state index in [0.29, 0.717) is 4.57 Å². The molecule has 1 heterocycles. The van der Waals surface area contributed by atoms with E-state index in [0.717, 1.165) is 0 Å². The number of para-hydroxylation sites is 1. The molecule has 0 N–H and O–H groups in total. The van der Waals surface area contributed by atoms with E-state index in [2.05, 4.69) is 0 Å². The number of benzene rings is 11. The third-order valence-corrected chi connectivity index (χ3v) is 9.75. The van der Waals surface area contributed by atoms with Gasteiger partial charge < -0.3 is 9.47 Å². The summed E-state index contributed by atoms with van der Waals surface area (Å²) in [6.07, 6.45) is 0. The van der Waals surface area contributed by atoms with Crippen molar-refractivity contribution in [3.05, 3.63) is 278 Å². The Morgan fingerprint density at radius 3 is 1.01 bits per heavy atom. The average molecular weight is 913 g/mol. The van der Waals surface area contributed by atoms with E-state index in [9.17, 15) is 32.9 Å². The molecule has 0 aliphatic carbocycles. The van der Waals surface area contributed by atoms with Gasteiger partial charge in [0.1, 0.15) is 0 Å². The Bertz CT molecular complexity index is 6260. The molecule has 2 heteroatoms. The van der Waals surface area contributed by atoms with Crippen LogP contribution in [-0.4, -0.2) is 4.57 Å². The van der Waals surface area contributed by atoms with Crippen molar-refractivity contribution < 1.29 is 63.1 Å². The Hall–Kier alpha value is -8.98. The van der Waals surface area contributed by atoms with Crippen LogP contribution in [0, 0.1) is 0 Å². The van der Waals surface area contributed by atoms with E-state index in [-0.39, 0.29) is 4.90 Å². The van der Waals surface area contributed by atoms with Crippen LogP contribution < -0.4 is 4.90 Å². The number of aromatic nitrogens is 1. The van der Waals surface area contributed by atoms with Gasteiger partial charge in [-0.05, 0) is 139 Å². The predicted molar refractivity (Wildman–Crippen MR) is 288 cm³/mol. The van der Waals surface area contributed by atoms with Crippen molar-refractivity contribution >= 4 is 38.9 Å². The van der Waals surface area contributed by atoms with Crippen LogP contribution >= 0.6 is 0 Å². The first-order chi connectivity index (χ1) is 52.9. The first kappa shape index (κ1) is 14.8. The summed E-state index contributed by atoms with van der Waals surface area (Å²) in [5.74, 6) is 0. The zero-order valence-electron chi connectivity index (χ0n) is 79.9. The molecule has 0 saturated heterocycles. The smallest absolute Gasteiger partial charge is 0.0645 e. The normalized spacial score (nSPS) is 20.7. The first-order valence-electron chi connectivity index (χ1n) is 42.6. The summed E-state index contributed by atoms with van der Waals surface area (Å²) < 4.78 is 419. The van der Waals surface area contributed by atoms with E-state index in [1.54, 1.807) is 0 Å². The van der Waals surface area contributed by atoms with Gasteiger partial charge in [-0.15, -0.1) is 0 Å². The Morgan fingerprint density at radius 2 is 0.544 bits per heavy atom. The first-order valence-corrected chi connectivity index (χ1v) is 19.6. The summed E-state index contributed by atoms with van der Waals surface area (Å²) in [6, 6.07) is -54.3. The van der Waals surface area contributed by atoms with Gasteiger partial charge in [0.05, 0.1) is 74.1 Å². The van der Waals surface area contributed by atoms with Crippen molar-refractivity contribution in [2.45, 2.75) is 0 Å². The fourth-order valence-electron chi connectivity index (χ4n) is 6.65. The van der Waals surface area contributed by atoms with Gasteiger partial charge in [0.25, 0.3) is 0 Å². The molecule has 12 rings (SSSR count). The number of nitrogens with zero attached hydrogens (tertiary/aromatic N) is 2. The summed E-state index contributed by atoms with van der Waals surface area (Å²) in [6.45, 7) is 0. The minimum absolute atomic E-state index is 0.119. The van der Waals surface area contributed by atoms with Crippen molar-refractivity contribution in [1.29, 1.82) is 0 Å².